The third-order valence-electron chi connectivity index (χ3n) is 3.95. The Bertz CT molecular complexity index is 836. The third kappa shape index (κ3) is 4.12. The topological polar surface area (TPSA) is 67.9 Å². The summed E-state index contributed by atoms with van der Waals surface area (Å²) in [6, 6.07) is 14.5. The predicted molar refractivity (Wildman–Crippen MR) is 95.4 cm³/mol. The Morgan fingerprint density at radius 3 is 2.64 bits per heavy atom. The molecule has 1 N–H and O–H groups in total. The van der Waals surface area contributed by atoms with Gasteiger partial charge in [-0.05, 0) is 29.8 Å². The van der Waals surface area contributed by atoms with Crippen LogP contribution in [0.5, 0.6) is 11.5 Å². The van der Waals surface area contributed by atoms with Crippen molar-refractivity contribution in [2.24, 2.45) is 0 Å². The van der Waals surface area contributed by atoms with Crippen LogP contribution in [-0.2, 0) is 16.6 Å². The van der Waals surface area contributed by atoms with Crippen LogP contribution in [0.15, 0.2) is 53.4 Å². The van der Waals surface area contributed by atoms with Gasteiger partial charge < -0.3 is 14.8 Å². The zero-order valence-electron chi connectivity index (χ0n) is 14.3. The molecule has 1 aliphatic heterocycles. The first kappa shape index (κ1) is 17.7. The van der Waals surface area contributed by atoms with Crippen LogP contribution in [0.25, 0.3) is 0 Å². The van der Waals surface area contributed by atoms with Crippen molar-refractivity contribution in [1.82, 2.24) is 9.62 Å². The van der Waals surface area contributed by atoms with E-state index < -0.39 is 10.0 Å². The Hall–Kier alpha value is -2.09. The van der Waals surface area contributed by atoms with E-state index >= 15 is 0 Å². The Labute approximate surface area is 148 Å². The molecule has 25 heavy (non-hydrogen) atoms. The second-order valence-electron chi connectivity index (χ2n) is 6.06. The quantitative estimate of drug-likeness (QED) is 0.850. The van der Waals surface area contributed by atoms with Crippen molar-refractivity contribution in [2.75, 3.05) is 27.2 Å². The molecule has 3 rings (SSSR count). The average molecular weight is 362 g/mol. The van der Waals surface area contributed by atoms with Gasteiger partial charge in [0.05, 0.1) is 4.90 Å². The summed E-state index contributed by atoms with van der Waals surface area (Å²) in [6.07, 6.45) is -0.0800. The second-order valence-corrected chi connectivity index (χ2v) is 8.22. The zero-order valence-corrected chi connectivity index (χ0v) is 15.1. The molecule has 0 radical (unpaired) electrons. The molecule has 1 heterocycles. The molecular weight excluding hydrogens is 340 g/mol. The summed E-state index contributed by atoms with van der Waals surface area (Å²) in [5.41, 5.74) is 0.903. The van der Waals surface area contributed by atoms with E-state index in [-0.39, 0.29) is 6.10 Å². The van der Waals surface area contributed by atoms with E-state index in [9.17, 15) is 8.42 Å². The molecule has 1 aliphatic rings. The smallest absolute Gasteiger partial charge is 0.242 e. The van der Waals surface area contributed by atoms with Crippen molar-refractivity contribution in [1.29, 1.82) is 0 Å². The lowest BCUT2D eigenvalue weighted by molar-refractivity contribution is 0.0902. The number of para-hydroxylation sites is 2. The molecule has 0 bridgehead atoms. The molecule has 6 nitrogen and oxygen atoms in total. The van der Waals surface area contributed by atoms with E-state index in [4.69, 9.17) is 9.47 Å². The Morgan fingerprint density at radius 2 is 1.88 bits per heavy atom. The van der Waals surface area contributed by atoms with Crippen LogP contribution in [0.3, 0.4) is 0 Å². The molecule has 0 unspecified atom stereocenters. The van der Waals surface area contributed by atoms with Crippen molar-refractivity contribution in [3.05, 3.63) is 54.1 Å². The molecule has 1 atom stereocenters. The minimum absolute atomic E-state index is 0.0800. The first-order chi connectivity index (χ1) is 12.0. The van der Waals surface area contributed by atoms with E-state index in [1.807, 2.05) is 30.3 Å². The molecule has 0 spiro atoms. The average Bonchev–Trinajstić information content (AvgIpc) is 2.62. The summed E-state index contributed by atoms with van der Waals surface area (Å²) in [4.78, 5) is 0.294. The summed E-state index contributed by atoms with van der Waals surface area (Å²) in [5.74, 6) is 1.51. The minimum Gasteiger partial charge on any atom is -0.486 e. The SMILES string of the molecule is CN(C)S(=O)(=O)c1cccc(CNC[C@@H]2COc3ccccc3O2)c1. The number of ether oxygens (including phenoxy) is 2. The molecule has 0 amide bonds. The highest BCUT2D eigenvalue weighted by Crippen LogP contribution is 2.30. The fraction of sp³-hybridized carbons (Fsp3) is 0.333. The number of nitrogens with one attached hydrogen (secondary N) is 1. The van der Waals surface area contributed by atoms with Gasteiger partial charge in [0.15, 0.2) is 11.5 Å². The molecule has 0 saturated carbocycles. The van der Waals surface area contributed by atoms with E-state index in [0.29, 0.717) is 24.6 Å². The van der Waals surface area contributed by atoms with Gasteiger partial charge in [0.1, 0.15) is 12.7 Å². The Kier molecular flexibility index (Phi) is 5.27. The van der Waals surface area contributed by atoms with Gasteiger partial charge in [0.25, 0.3) is 0 Å². The molecule has 2 aromatic carbocycles. The summed E-state index contributed by atoms with van der Waals surface area (Å²) in [6.45, 7) is 1.65. The number of sulfonamides is 1. The van der Waals surface area contributed by atoms with Gasteiger partial charge in [-0.3, -0.25) is 0 Å². The van der Waals surface area contributed by atoms with Crippen molar-refractivity contribution >= 4 is 10.0 Å². The van der Waals surface area contributed by atoms with E-state index in [0.717, 1.165) is 17.1 Å². The maximum absolute atomic E-state index is 12.2. The number of rotatable bonds is 6. The number of benzene rings is 2. The lowest BCUT2D eigenvalue weighted by atomic mass is 10.2. The van der Waals surface area contributed by atoms with Crippen LogP contribution in [0.2, 0.25) is 0 Å². The van der Waals surface area contributed by atoms with Gasteiger partial charge in [-0.15, -0.1) is 0 Å². The molecule has 0 aliphatic carbocycles. The van der Waals surface area contributed by atoms with Crippen LogP contribution in [0.4, 0.5) is 0 Å². The highest BCUT2D eigenvalue weighted by atomic mass is 32.2. The van der Waals surface area contributed by atoms with E-state index in [1.165, 1.54) is 18.4 Å². The molecule has 7 heteroatoms. The molecule has 2 aromatic rings. The van der Waals surface area contributed by atoms with Crippen LogP contribution >= 0.6 is 0 Å². The van der Waals surface area contributed by atoms with Crippen LogP contribution < -0.4 is 14.8 Å². The maximum atomic E-state index is 12.2. The van der Waals surface area contributed by atoms with Crippen molar-refractivity contribution < 1.29 is 17.9 Å². The van der Waals surface area contributed by atoms with Gasteiger partial charge in [-0.25, -0.2) is 12.7 Å². The number of hydrogen-bond acceptors (Lipinski definition) is 5. The normalized spacial score (nSPS) is 16.8. The molecule has 0 fully saturated rings. The zero-order chi connectivity index (χ0) is 17.9. The van der Waals surface area contributed by atoms with Gasteiger partial charge in [-0.1, -0.05) is 24.3 Å². The van der Waals surface area contributed by atoms with Crippen LogP contribution in [-0.4, -0.2) is 46.1 Å². The van der Waals surface area contributed by atoms with E-state index in [1.54, 1.807) is 18.2 Å². The van der Waals surface area contributed by atoms with Gasteiger partial charge in [0, 0.05) is 27.2 Å². The number of fused-ring (bicyclic) bond motifs is 1. The van der Waals surface area contributed by atoms with E-state index in [2.05, 4.69) is 5.32 Å². The molecule has 134 valence electrons. The van der Waals surface area contributed by atoms with Crippen molar-refractivity contribution in [3.8, 4) is 11.5 Å². The summed E-state index contributed by atoms with van der Waals surface area (Å²) in [5, 5.41) is 3.30. The molecule has 0 saturated heterocycles. The Morgan fingerprint density at radius 1 is 1.12 bits per heavy atom. The second kappa shape index (κ2) is 7.43. The van der Waals surface area contributed by atoms with Crippen LogP contribution in [0, 0.1) is 0 Å². The molecule has 0 aromatic heterocycles. The lowest BCUT2D eigenvalue weighted by Crippen LogP contribution is -2.38. The Balaban J connectivity index is 1.57. The standard InChI is InChI=1S/C18H22N2O4S/c1-20(2)25(21,22)16-7-5-6-14(10-16)11-19-12-15-13-23-17-8-3-4-9-18(17)24-15/h3-10,15,19H,11-13H2,1-2H3/t15-/m1/s1. The summed E-state index contributed by atoms with van der Waals surface area (Å²) >= 11 is 0. The minimum atomic E-state index is -3.42. The molecular formula is C18H22N2O4S. The fourth-order valence-electron chi connectivity index (χ4n) is 2.57. The summed E-state index contributed by atoms with van der Waals surface area (Å²) < 4.78 is 37.2. The first-order valence-electron chi connectivity index (χ1n) is 8.07. The third-order valence-corrected chi connectivity index (χ3v) is 5.76. The summed E-state index contributed by atoms with van der Waals surface area (Å²) in [7, 11) is -0.365. The van der Waals surface area contributed by atoms with Crippen molar-refractivity contribution in [2.45, 2.75) is 17.5 Å². The van der Waals surface area contributed by atoms with Gasteiger partial charge in [-0.2, -0.15) is 0 Å². The van der Waals surface area contributed by atoms with Crippen molar-refractivity contribution in [3.63, 3.8) is 0 Å². The van der Waals surface area contributed by atoms with Gasteiger partial charge in [0.2, 0.25) is 10.0 Å². The predicted octanol–water partition coefficient (Wildman–Crippen LogP) is 1.87. The largest absolute Gasteiger partial charge is 0.486 e. The maximum Gasteiger partial charge on any atom is 0.242 e. The monoisotopic (exact) mass is 362 g/mol. The first-order valence-corrected chi connectivity index (χ1v) is 9.51. The highest BCUT2D eigenvalue weighted by Gasteiger charge is 2.20. The lowest BCUT2D eigenvalue weighted by Gasteiger charge is -2.26. The van der Waals surface area contributed by atoms with Crippen LogP contribution in [0.1, 0.15) is 5.56 Å². The fourth-order valence-corrected chi connectivity index (χ4v) is 3.54. The number of hydrogen-bond donors (Lipinski definition) is 1. The van der Waals surface area contributed by atoms with Gasteiger partial charge >= 0.3 is 0 Å². The number of nitrogens with zero attached hydrogens (tertiary/aromatic N) is 1. The highest BCUT2D eigenvalue weighted by molar-refractivity contribution is 7.89.